The van der Waals surface area contributed by atoms with Gasteiger partial charge in [0.05, 0.1) is 17.2 Å². The van der Waals surface area contributed by atoms with Crippen molar-refractivity contribution in [2.24, 2.45) is 5.73 Å². The minimum atomic E-state index is -0.908. The van der Waals surface area contributed by atoms with E-state index in [1.807, 2.05) is 38.1 Å². The zero-order valence-corrected chi connectivity index (χ0v) is 18.9. The number of imide groups is 1. The summed E-state index contributed by atoms with van der Waals surface area (Å²) in [6.45, 7) is 7.99. The summed E-state index contributed by atoms with van der Waals surface area (Å²) in [4.78, 5) is 43.1. The average molecular weight is 445 g/mol. The first-order valence-electron chi connectivity index (χ1n) is 9.56. The summed E-state index contributed by atoms with van der Waals surface area (Å²) in [5.41, 5.74) is 7.98. The van der Waals surface area contributed by atoms with Crippen molar-refractivity contribution in [2.45, 2.75) is 51.1 Å². The second-order valence-corrected chi connectivity index (χ2v) is 9.46. The van der Waals surface area contributed by atoms with Crippen LogP contribution in [0.2, 0.25) is 0 Å². The molecule has 3 amide bonds. The van der Waals surface area contributed by atoms with Gasteiger partial charge in [0.2, 0.25) is 5.91 Å². The molecule has 1 aromatic carbocycles. The van der Waals surface area contributed by atoms with Gasteiger partial charge in [0.25, 0.3) is 5.56 Å². The van der Waals surface area contributed by atoms with E-state index in [1.165, 1.54) is 11.3 Å². The van der Waals surface area contributed by atoms with Gasteiger partial charge in [-0.05, 0) is 38.3 Å². The van der Waals surface area contributed by atoms with Gasteiger partial charge in [0.1, 0.15) is 4.83 Å². The average Bonchev–Trinajstić information content (AvgIpc) is 3.01. The molecule has 0 saturated carbocycles. The van der Waals surface area contributed by atoms with Crippen LogP contribution in [0.15, 0.2) is 34.2 Å². The molecule has 1 atom stereocenters. The summed E-state index contributed by atoms with van der Waals surface area (Å²) in [6.07, 6.45) is 0.824. The molecule has 2 aromatic heterocycles. The highest BCUT2D eigenvalue weighted by atomic mass is 32.2. The Labute approximate surface area is 182 Å². The number of aryl methyl sites for hydroxylation is 3. The number of amides is 3. The van der Waals surface area contributed by atoms with E-state index in [2.05, 4.69) is 12.2 Å². The van der Waals surface area contributed by atoms with Gasteiger partial charge in [0.15, 0.2) is 5.16 Å². The molecule has 3 rings (SSSR count). The summed E-state index contributed by atoms with van der Waals surface area (Å²) in [5, 5.41) is 2.49. The largest absolute Gasteiger partial charge is 0.351 e. The van der Waals surface area contributed by atoms with E-state index < -0.39 is 17.2 Å². The van der Waals surface area contributed by atoms with Gasteiger partial charge in [-0.1, -0.05) is 48.5 Å². The van der Waals surface area contributed by atoms with E-state index >= 15 is 0 Å². The lowest BCUT2D eigenvalue weighted by atomic mass is 10.1. The van der Waals surface area contributed by atoms with Gasteiger partial charge in [-0.3, -0.25) is 19.5 Å². The van der Waals surface area contributed by atoms with Crippen molar-refractivity contribution in [3.05, 3.63) is 56.2 Å². The van der Waals surface area contributed by atoms with Gasteiger partial charge in [0, 0.05) is 4.88 Å². The summed E-state index contributed by atoms with van der Waals surface area (Å²) in [6, 6.07) is 7.03. The fourth-order valence-electron chi connectivity index (χ4n) is 3.12. The molecule has 0 aliphatic rings. The van der Waals surface area contributed by atoms with Crippen molar-refractivity contribution in [1.82, 2.24) is 14.9 Å². The maximum Gasteiger partial charge on any atom is 0.318 e. The Hall–Kier alpha value is -2.65. The molecular weight excluding hydrogens is 420 g/mol. The third-order valence-electron chi connectivity index (χ3n) is 4.79. The normalized spacial score (nSPS) is 12.1. The zero-order chi connectivity index (χ0) is 22.0. The minimum Gasteiger partial charge on any atom is -0.351 e. The molecule has 0 fully saturated rings. The molecule has 9 heteroatoms. The lowest BCUT2D eigenvalue weighted by Crippen LogP contribution is -2.39. The molecule has 3 aromatic rings. The Kier molecular flexibility index (Phi) is 6.62. The number of aromatic nitrogens is 2. The molecule has 0 unspecified atom stereocenters. The smallest absolute Gasteiger partial charge is 0.318 e. The minimum absolute atomic E-state index is 0.126. The van der Waals surface area contributed by atoms with Gasteiger partial charge < -0.3 is 5.73 Å². The highest BCUT2D eigenvalue weighted by molar-refractivity contribution is 8.00. The van der Waals surface area contributed by atoms with Crippen LogP contribution >= 0.6 is 23.1 Å². The first-order chi connectivity index (χ1) is 14.2. The van der Waals surface area contributed by atoms with Crippen LogP contribution in [0.5, 0.6) is 0 Å². The van der Waals surface area contributed by atoms with Crippen molar-refractivity contribution in [1.29, 1.82) is 0 Å². The number of nitrogens with zero attached hydrogens (tertiary/aromatic N) is 2. The van der Waals surface area contributed by atoms with Crippen LogP contribution in [0.4, 0.5) is 4.79 Å². The fraction of sp³-hybridized carbons (Fsp3) is 0.333. The van der Waals surface area contributed by atoms with Crippen molar-refractivity contribution in [3.8, 4) is 0 Å². The lowest BCUT2D eigenvalue weighted by molar-refractivity contribution is -0.119. The molecule has 0 aliphatic heterocycles. The molecule has 0 aliphatic carbocycles. The molecule has 0 spiro atoms. The molecule has 7 nitrogen and oxygen atoms in total. The van der Waals surface area contributed by atoms with E-state index in [1.54, 1.807) is 11.5 Å². The van der Waals surface area contributed by atoms with Crippen LogP contribution in [0, 0.1) is 13.8 Å². The van der Waals surface area contributed by atoms with Crippen LogP contribution < -0.4 is 16.6 Å². The fourth-order valence-corrected chi connectivity index (χ4v) is 5.19. The number of nitrogens with one attached hydrogen (secondary N) is 1. The number of hydrogen-bond donors (Lipinski definition) is 2. The van der Waals surface area contributed by atoms with E-state index in [9.17, 15) is 14.4 Å². The second-order valence-electron chi connectivity index (χ2n) is 7.07. The quantitative estimate of drug-likeness (QED) is 0.448. The van der Waals surface area contributed by atoms with E-state index in [-0.39, 0.29) is 5.56 Å². The Bertz CT molecular complexity index is 1170. The van der Waals surface area contributed by atoms with Crippen molar-refractivity contribution in [2.75, 3.05) is 0 Å². The van der Waals surface area contributed by atoms with Crippen LogP contribution in [0.1, 0.15) is 35.4 Å². The monoisotopic (exact) mass is 444 g/mol. The number of carbonyl (C=O) groups is 2. The van der Waals surface area contributed by atoms with Gasteiger partial charge in [-0.15, -0.1) is 11.3 Å². The molecular formula is C21H24N4O3S2. The molecule has 30 heavy (non-hydrogen) atoms. The zero-order valence-electron chi connectivity index (χ0n) is 17.3. The standard InChI is InChI=1S/C21H24N4O3S2/c1-5-15-12(3)16-18(30-15)24-21(29-13(4)17(26)23-20(22)28)25(19(16)27)10-14-8-6-11(2)7-9-14/h6-9,13H,5,10H2,1-4H3,(H3,22,23,26,28)/t13-/m0/s1. The number of rotatable bonds is 6. The van der Waals surface area contributed by atoms with Crippen LogP contribution in [0.3, 0.4) is 0 Å². The van der Waals surface area contributed by atoms with E-state index in [4.69, 9.17) is 10.7 Å². The number of nitrogens with two attached hydrogens (primary N) is 1. The Morgan fingerprint density at radius 1 is 1.27 bits per heavy atom. The maximum absolute atomic E-state index is 13.4. The number of carbonyl (C=O) groups excluding carboxylic acids is 2. The van der Waals surface area contributed by atoms with E-state index in [0.717, 1.165) is 39.8 Å². The summed E-state index contributed by atoms with van der Waals surface area (Å²) in [7, 11) is 0. The van der Waals surface area contributed by atoms with Crippen molar-refractivity contribution >= 4 is 45.3 Å². The first-order valence-corrected chi connectivity index (χ1v) is 11.3. The number of fused-ring (bicyclic) bond motifs is 1. The van der Waals surface area contributed by atoms with Crippen molar-refractivity contribution in [3.63, 3.8) is 0 Å². The van der Waals surface area contributed by atoms with Gasteiger partial charge >= 0.3 is 6.03 Å². The van der Waals surface area contributed by atoms with Crippen LogP contribution in [-0.2, 0) is 17.8 Å². The van der Waals surface area contributed by atoms with E-state index in [0.29, 0.717) is 21.9 Å². The number of primary amides is 1. The maximum atomic E-state index is 13.4. The van der Waals surface area contributed by atoms with Crippen molar-refractivity contribution < 1.29 is 9.59 Å². The predicted molar refractivity (Wildman–Crippen MR) is 121 cm³/mol. The number of thioether (sulfide) groups is 1. The Morgan fingerprint density at radius 3 is 2.53 bits per heavy atom. The predicted octanol–water partition coefficient (Wildman–Crippen LogP) is 3.36. The summed E-state index contributed by atoms with van der Waals surface area (Å²) in [5.74, 6) is -0.527. The molecule has 3 N–H and O–H groups in total. The van der Waals surface area contributed by atoms with Gasteiger partial charge in [-0.2, -0.15) is 0 Å². The number of benzene rings is 1. The first kappa shape index (κ1) is 22.0. The lowest BCUT2D eigenvalue weighted by Gasteiger charge is -2.15. The van der Waals surface area contributed by atoms with Gasteiger partial charge in [-0.25, -0.2) is 9.78 Å². The molecule has 0 radical (unpaired) electrons. The van der Waals surface area contributed by atoms with Crippen LogP contribution in [-0.4, -0.2) is 26.7 Å². The Morgan fingerprint density at radius 2 is 1.93 bits per heavy atom. The highest BCUT2D eigenvalue weighted by Gasteiger charge is 2.22. The molecule has 2 heterocycles. The third kappa shape index (κ3) is 4.57. The second kappa shape index (κ2) is 9.01. The topological polar surface area (TPSA) is 107 Å². The van der Waals surface area contributed by atoms with Crippen LogP contribution in [0.25, 0.3) is 10.2 Å². The summed E-state index contributed by atoms with van der Waals surface area (Å²) < 4.78 is 1.60. The molecule has 0 bridgehead atoms. The SMILES string of the molecule is CCc1sc2nc(S[C@@H](C)C(=O)NC(N)=O)n(Cc3ccc(C)cc3)c(=O)c2c1C. The number of thiophene rings is 1. The highest BCUT2D eigenvalue weighted by Crippen LogP contribution is 2.31. The summed E-state index contributed by atoms with van der Waals surface area (Å²) >= 11 is 2.64. The third-order valence-corrected chi connectivity index (χ3v) is 7.21. The Balaban J connectivity index is 2.10. The molecule has 0 saturated heterocycles. The molecule has 158 valence electrons. The number of hydrogen-bond acceptors (Lipinski definition) is 6. The number of urea groups is 1.